The van der Waals surface area contributed by atoms with E-state index in [9.17, 15) is 10.1 Å². The summed E-state index contributed by atoms with van der Waals surface area (Å²) < 4.78 is 0. The fraction of sp³-hybridized carbons (Fsp3) is 0.222. The number of hydrazine groups is 1. The van der Waals surface area contributed by atoms with E-state index in [-0.39, 0.29) is 0 Å². The summed E-state index contributed by atoms with van der Waals surface area (Å²) in [6.45, 7) is 0.291. The largest absolute Gasteiger partial charge is 0.235 e. The van der Waals surface area contributed by atoms with E-state index in [2.05, 4.69) is 5.43 Å². The Hall–Kier alpha value is -2.09. The van der Waals surface area contributed by atoms with Crippen molar-refractivity contribution >= 4 is 0 Å². The normalized spacial score (nSPS) is 9.07. The molecule has 5 heteroatoms. The molecule has 0 aliphatic rings. The van der Waals surface area contributed by atoms with Gasteiger partial charge in [-0.05, 0) is 24.1 Å². The van der Waals surface area contributed by atoms with E-state index >= 15 is 0 Å². The zero-order valence-electron chi connectivity index (χ0n) is 7.43. The Kier molecular flexibility index (Phi) is 3.44. The summed E-state index contributed by atoms with van der Waals surface area (Å²) in [5.41, 5.74) is 3.64. The van der Waals surface area contributed by atoms with Crippen molar-refractivity contribution in [3.63, 3.8) is 0 Å². The molecule has 0 fully saturated rings. The van der Waals surface area contributed by atoms with Crippen molar-refractivity contribution in [2.75, 3.05) is 6.54 Å². The molecule has 1 aromatic carbocycles. The molecule has 1 aromatic rings. The predicted molar refractivity (Wildman–Crippen MR) is 49.9 cm³/mol. The van der Waals surface area contributed by atoms with E-state index in [1.54, 1.807) is 24.3 Å². The zero-order valence-corrected chi connectivity index (χ0v) is 7.43. The third-order valence-corrected chi connectivity index (χ3v) is 1.74. The van der Waals surface area contributed by atoms with Crippen LogP contribution in [0.4, 0.5) is 0 Å². The monoisotopic (exact) mass is 191 g/mol. The van der Waals surface area contributed by atoms with E-state index in [4.69, 9.17) is 5.26 Å². The van der Waals surface area contributed by atoms with Gasteiger partial charge in [-0.15, -0.1) is 5.43 Å². The van der Waals surface area contributed by atoms with Gasteiger partial charge in [0, 0.05) is 0 Å². The summed E-state index contributed by atoms with van der Waals surface area (Å²) >= 11 is 0. The molecule has 0 atom stereocenters. The van der Waals surface area contributed by atoms with E-state index in [1.165, 1.54) is 0 Å². The zero-order chi connectivity index (χ0) is 10.4. The number of benzene rings is 1. The Morgan fingerprint density at radius 1 is 1.43 bits per heavy atom. The molecule has 0 radical (unpaired) electrons. The van der Waals surface area contributed by atoms with Crippen molar-refractivity contribution in [2.24, 2.45) is 0 Å². The minimum absolute atomic E-state index is 0.291. The van der Waals surface area contributed by atoms with Gasteiger partial charge in [0.25, 0.3) is 0 Å². The number of nitriles is 1. The number of nitrogens with zero attached hydrogens (tertiary/aromatic N) is 2. The topological polar surface area (TPSA) is 79.0 Å². The molecular weight excluding hydrogens is 182 g/mol. The van der Waals surface area contributed by atoms with Crippen molar-refractivity contribution in [2.45, 2.75) is 6.42 Å². The maximum absolute atomic E-state index is 9.94. The molecule has 0 saturated carbocycles. The highest BCUT2D eigenvalue weighted by atomic mass is 16.7. The van der Waals surface area contributed by atoms with Gasteiger partial charge in [0.15, 0.2) is 5.03 Å². The molecule has 0 saturated heterocycles. The minimum Gasteiger partial charge on any atom is -0.235 e. The van der Waals surface area contributed by atoms with E-state index in [0.29, 0.717) is 18.5 Å². The molecular formula is C9H9N3O2. The van der Waals surface area contributed by atoms with Crippen LogP contribution in [0, 0.1) is 21.4 Å². The molecule has 0 amide bonds. The Bertz CT molecular complexity index is 353. The summed E-state index contributed by atoms with van der Waals surface area (Å²) in [6.07, 6.45) is 0.576. The first kappa shape index (κ1) is 9.99. The fourth-order valence-electron chi connectivity index (χ4n) is 1.04. The lowest BCUT2D eigenvalue weighted by molar-refractivity contribution is -0.543. The van der Waals surface area contributed by atoms with Crippen molar-refractivity contribution in [1.82, 2.24) is 5.43 Å². The molecule has 0 unspecified atom stereocenters. The number of hydrogen-bond donors (Lipinski definition) is 1. The number of nitro groups is 1. The van der Waals surface area contributed by atoms with Crippen LogP contribution >= 0.6 is 0 Å². The summed E-state index contributed by atoms with van der Waals surface area (Å²) in [5.74, 6) is 0. The number of rotatable bonds is 4. The van der Waals surface area contributed by atoms with E-state index < -0.39 is 5.03 Å². The second-order valence-electron chi connectivity index (χ2n) is 2.72. The van der Waals surface area contributed by atoms with Gasteiger partial charge in [0.1, 0.15) is 0 Å². The first-order valence-corrected chi connectivity index (χ1v) is 4.09. The molecule has 0 bridgehead atoms. The average molecular weight is 191 g/mol. The highest BCUT2D eigenvalue weighted by Crippen LogP contribution is 2.03. The SMILES string of the molecule is N#Cc1ccc(CCN[N+](=O)[O-])cc1. The van der Waals surface area contributed by atoms with Gasteiger partial charge >= 0.3 is 0 Å². The van der Waals surface area contributed by atoms with Crippen molar-refractivity contribution in [3.05, 3.63) is 45.5 Å². The van der Waals surface area contributed by atoms with Gasteiger partial charge in [-0.3, -0.25) is 0 Å². The van der Waals surface area contributed by atoms with Crippen LogP contribution < -0.4 is 5.43 Å². The van der Waals surface area contributed by atoms with Crippen LogP contribution in [-0.4, -0.2) is 11.6 Å². The average Bonchev–Trinajstić information content (AvgIpc) is 2.18. The van der Waals surface area contributed by atoms with Crippen molar-refractivity contribution in [1.29, 1.82) is 5.26 Å². The Morgan fingerprint density at radius 3 is 2.57 bits per heavy atom. The standard InChI is InChI=1S/C9H9N3O2/c10-7-9-3-1-8(2-4-9)5-6-11-12(13)14/h1-4,11H,5-6H2. The lowest BCUT2D eigenvalue weighted by Gasteiger charge is -1.98. The summed E-state index contributed by atoms with van der Waals surface area (Å²) in [6, 6.07) is 8.98. The Morgan fingerprint density at radius 2 is 2.07 bits per heavy atom. The molecule has 0 aliphatic heterocycles. The maximum atomic E-state index is 9.94. The van der Waals surface area contributed by atoms with Crippen molar-refractivity contribution < 1.29 is 5.03 Å². The lowest BCUT2D eigenvalue weighted by Crippen LogP contribution is -2.23. The Balaban J connectivity index is 2.45. The Labute approximate surface area is 81.1 Å². The number of hydrogen-bond acceptors (Lipinski definition) is 3. The van der Waals surface area contributed by atoms with Gasteiger partial charge in [-0.1, -0.05) is 12.1 Å². The van der Waals surface area contributed by atoms with Gasteiger partial charge in [0.2, 0.25) is 0 Å². The predicted octanol–water partition coefficient (Wildman–Crippen LogP) is 0.882. The molecule has 1 N–H and O–H groups in total. The van der Waals surface area contributed by atoms with Crippen LogP contribution in [0.5, 0.6) is 0 Å². The smallest absolute Gasteiger partial charge is 0.157 e. The van der Waals surface area contributed by atoms with Crippen LogP contribution in [0.3, 0.4) is 0 Å². The molecule has 0 heterocycles. The van der Waals surface area contributed by atoms with Gasteiger partial charge in [0.05, 0.1) is 18.2 Å². The molecule has 0 aliphatic carbocycles. The highest BCUT2D eigenvalue weighted by Gasteiger charge is 1.96. The number of nitrogens with one attached hydrogen (secondary N) is 1. The summed E-state index contributed by atoms with van der Waals surface area (Å²) in [5, 5.41) is 17.9. The molecule has 0 aromatic heterocycles. The maximum Gasteiger partial charge on any atom is 0.157 e. The quantitative estimate of drug-likeness (QED) is 0.566. The van der Waals surface area contributed by atoms with Crippen LogP contribution in [0.25, 0.3) is 0 Å². The fourth-order valence-corrected chi connectivity index (χ4v) is 1.04. The molecule has 1 rings (SSSR count). The summed E-state index contributed by atoms with van der Waals surface area (Å²) in [7, 11) is 0. The summed E-state index contributed by atoms with van der Waals surface area (Å²) in [4.78, 5) is 9.94. The minimum atomic E-state index is -0.566. The first-order chi connectivity index (χ1) is 6.72. The third-order valence-electron chi connectivity index (χ3n) is 1.74. The molecule has 14 heavy (non-hydrogen) atoms. The second-order valence-corrected chi connectivity index (χ2v) is 2.72. The van der Waals surface area contributed by atoms with Crippen LogP contribution in [0.15, 0.2) is 24.3 Å². The second kappa shape index (κ2) is 4.82. The lowest BCUT2D eigenvalue weighted by atomic mass is 10.1. The van der Waals surface area contributed by atoms with E-state index in [0.717, 1.165) is 5.56 Å². The third kappa shape index (κ3) is 3.11. The van der Waals surface area contributed by atoms with Gasteiger partial charge in [-0.2, -0.15) is 5.26 Å². The van der Waals surface area contributed by atoms with Crippen LogP contribution in [0.1, 0.15) is 11.1 Å². The molecule has 5 nitrogen and oxygen atoms in total. The highest BCUT2D eigenvalue weighted by molar-refractivity contribution is 5.31. The van der Waals surface area contributed by atoms with Gasteiger partial charge < -0.3 is 0 Å². The van der Waals surface area contributed by atoms with Gasteiger partial charge in [-0.25, -0.2) is 10.1 Å². The van der Waals surface area contributed by atoms with Crippen molar-refractivity contribution in [3.8, 4) is 6.07 Å². The molecule has 72 valence electrons. The van der Waals surface area contributed by atoms with E-state index in [1.807, 2.05) is 6.07 Å². The molecule has 0 spiro atoms. The first-order valence-electron chi connectivity index (χ1n) is 4.09. The van der Waals surface area contributed by atoms with Crippen LogP contribution in [0.2, 0.25) is 0 Å². The van der Waals surface area contributed by atoms with Crippen LogP contribution in [-0.2, 0) is 6.42 Å².